The van der Waals surface area contributed by atoms with Crippen molar-refractivity contribution in [1.29, 1.82) is 0 Å². The van der Waals surface area contributed by atoms with Crippen LogP contribution in [0.1, 0.15) is 40.3 Å². The van der Waals surface area contributed by atoms with Crippen LogP contribution in [0.3, 0.4) is 0 Å². The number of carbonyl (C=O) groups excluding carboxylic acids is 2. The Morgan fingerprint density at radius 2 is 1.55 bits per heavy atom. The van der Waals surface area contributed by atoms with Gasteiger partial charge in [-0.05, 0) is 59.2 Å². The van der Waals surface area contributed by atoms with Crippen LogP contribution in [0.2, 0.25) is 0 Å². The van der Waals surface area contributed by atoms with E-state index >= 15 is 0 Å². The predicted molar refractivity (Wildman–Crippen MR) is 181 cm³/mol. The number of aliphatic hydroxyl groups excluding tert-OH is 2. The van der Waals surface area contributed by atoms with E-state index in [0.717, 1.165) is 33.6 Å². The number of ether oxygens (including phenoxy) is 1. The molecule has 0 aromatic heterocycles. The molecular formula is C39H43N3O5. The van der Waals surface area contributed by atoms with E-state index in [2.05, 4.69) is 17.4 Å². The third-order valence-electron chi connectivity index (χ3n) is 9.40. The van der Waals surface area contributed by atoms with Gasteiger partial charge in [-0.1, -0.05) is 97.1 Å². The van der Waals surface area contributed by atoms with Gasteiger partial charge in [0.25, 0.3) is 0 Å². The lowest BCUT2D eigenvalue weighted by Crippen LogP contribution is -2.44. The maximum absolute atomic E-state index is 13.9. The smallest absolute Gasteiger partial charge is 0.320 e. The second-order valence-corrected chi connectivity index (χ2v) is 12.7. The fourth-order valence-corrected chi connectivity index (χ4v) is 6.97. The minimum Gasteiger partial charge on any atom is -0.497 e. The van der Waals surface area contributed by atoms with Gasteiger partial charge < -0.3 is 30.1 Å². The van der Waals surface area contributed by atoms with Crippen LogP contribution in [0.4, 0.5) is 4.79 Å². The minimum absolute atomic E-state index is 0.114. The Bertz CT molecular complexity index is 1630. The van der Waals surface area contributed by atoms with Crippen molar-refractivity contribution < 1.29 is 24.5 Å². The highest BCUT2D eigenvalue weighted by atomic mass is 16.5. The molecule has 0 bridgehead atoms. The molecule has 1 aliphatic carbocycles. The number of carbonyl (C=O) groups is 2. The van der Waals surface area contributed by atoms with Crippen molar-refractivity contribution in [3.8, 4) is 5.75 Å². The molecule has 47 heavy (non-hydrogen) atoms. The molecule has 0 radical (unpaired) electrons. The highest BCUT2D eigenvalue weighted by molar-refractivity contribution is 5.80. The molecule has 0 spiro atoms. The summed E-state index contributed by atoms with van der Waals surface area (Å²) >= 11 is 0. The van der Waals surface area contributed by atoms with Crippen molar-refractivity contribution in [3.05, 3.63) is 137 Å². The van der Waals surface area contributed by atoms with Gasteiger partial charge in [0.15, 0.2) is 0 Å². The Hall–Kier alpha value is -4.66. The van der Waals surface area contributed by atoms with Crippen LogP contribution in [0.15, 0.2) is 109 Å². The SMILES string of the molecule is COc1ccc(CN2CC(Cc3ccccc3)N(C[C@@H](O)C[C@@H](Cc3ccccc3)C(=O)NC3c4ccccc4C[C@H]3O)C2=O)cc1. The number of amides is 3. The molecule has 1 heterocycles. The van der Waals surface area contributed by atoms with Crippen LogP contribution < -0.4 is 10.1 Å². The molecule has 4 aromatic rings. The third-order valence-corrected chi connectivity index (χ3v) is 9.40. The predicted octanol–water partition coefficient (Wildman–Crippen LogP) is 4.93. The van der Waals surface area contributed by atoms with E-state index in [1.165, 1.54) is 0 Å². The van der Waals surface area contributed by atoms with Gasteiger partial charge in [0.05, 0.1) is 31.4 Å². The van der Waals surface area contributed by atoms with Gasteiger partial charge in [-0.15, -0.1) is 0 Å². The largest absolute Gasteiger partial charge is 0.497 e. The minimum atomic E-state index is -0.932. The Morgan fingerprint density at radius 1 is 0.894 bits per heavy atom. The van der Waals surface area contributed by atoms with Crippen LogP contribution in [-0.4, -0.2) is 70.4 Å². The first-order chi connectivity index (χ1) is 22.9. The van der Waals surface area contributed by atoms with Crippen molar-refractivity contribution in [1.82, 2.24) is 15.1 Å². The molecule has 1 saturated heterocycles. The number of rotatable bonds is 13. The lowest BCUT2D eigenvalue weighted by Gasteiger charge is -2.28. The number of benzene rings is 4. The average molecular weight is 634 g/mol. The second-order valence-electron chi connectivity index (χ2n) is 12.7. The average Bonchev–Trinajstić information content (AvgIpc) is 3.55. The highest BCUT2D eigenvalue weighted by Gasteiger charge is 2.39. The van der Waals surface area contributed by atoms with Crippen molar-refractivity contribution in [2.24, 2.45) is 5.92 Å². The standard InChI is InChI=1S/C39H43N3O5/c1-47-34-18-16-29(17-19-34)24-41-25-32(21-28-12-6-3-7-13-28)42(39(41)46)26-33(43)22-31(20-27-10-4-2-5-11-27)38(45)40-37-35-15-9-8-14-30(35)23-36(37)44/h2-19,31-33,36-37,43-44H,20-26H2,1H3,(H,40,45)/t31-,32?,33+,36-,37?/m1/s1. The zero-order chi connectivity index (χ0) is 32.8. The molecule has 8 nitrogen and oxygen atoms in total. The summed E-state index contributed by atoms with van der Waals surface area (Å²) in [5.74, 6) is -0.0228. The van der Waals surface area contributed by atoms with Crippen molar-refractivity contribution in [3.63, 3.8) is 0 Å². The first kappa shape index (κ1) is 32.3. The van der Waals surface area contributed by atoms with Gasteiger partial charge in [0.1, 0.15) is 5.75 Å². The summed E-state index contributed by atoms with van der Waals surface area (Å²) in [7, 11) is 1.63. The first-order valence-corrected chi connectivity index (χ1v) is 16.4. The van der Waals surface area contributed by atoms with Gasteiger partial charge in [-0.3, -0.25) is 4.79 Å². The number of β-amino-alcohol motifs (C(OH)–C–C–N with tert-alkyl or cyclic N) is 1. The maximum Gasteiger partial charge on any atom is 0.320 e. The first-order valence-electron chi connectivity index (χ1n) is 16.4. The zero-order valence-electron chi connectivity index (χ0n) is 26.7. The zero-order valence-corrected chi connectivity index (χ0v) is 26.7. The Balaban J connectivity index is 1.18. The van der Waals surface area contributed by atoms with E-state index in [0.29, 0.717) is 32.4 Å². The molecule has 1 aliphatic heterocycles. The normalized spacial score (nSPS) is 20.1. The maximum atomic E-state index is 13.9. The van der Waals surface area contributed by atoms with Gasteiger partial charge in [-0.25, -0.2) is 4.79 Å². The molecule has 0 saturated carbocycles. The number of hydrogen-bond donors (Lipinski definition) is 3. The number of aliphatic hydroxyl groups is 2. The quantitative estimate of drug-likeness (QED) is 0.194. The lowest BCUT2D eigenvalue weighted by atomic mass is 9.91. The third kappa shape index (κ3) is 7.84. The number of nitrogens with one attached hydrogen (secondary N) is 1. The van der Waals surface area contributed by atoms with E-state index in [9.17, 15) is 19.8 Å². The van der Waals surface area contributed by atoms with E-state index in [1.807, 2.05) is 102 Å². The molecule has 5 atom stereocenters. The monoisotopic (exact) mass is 633 g/mol. The lowest BCUT2D eigenvalue weighted by molar-refractivity contribution is -0.127. The van der Waals surface area contributed by atoms with E-state index in [4.69, 9.17) is 4.74 Å². The summed E-state index contributed by atoms with van der Waals surface area (Å²) in [5.41, 5.74) is 5.05. The van der Waals surface area contributed by atoms with E-state index < -0.39 is 24.2 Å². The van der Waals surface area contributed by atoms with Crippen LogP contribution >= 0.6 is 0 Å². The van der Waals surface area contributed by atoms with Gasteiger partial charge >= 0.3 is 6.03 Å². The Morgan fingerprint density at radius 3 is 2.26 bits per heavy atom. The van der Waals surface area contributed by atoms with Gasteiger partial charge in [0, 0.05) is 32.0 Å². The molecule has 4 aromatic carbocycles. The number of hydrogen-bond acceptors (Lipinski definition) is 5. The number of nitrogens with zero attached hydrogens (tertiary/aromatic N) is 2. The van der Waals surface area contributed by atoms with Crippen LogP contribution in [0.5, 0.6) is 5.75 Å². The Labute approximate surface area is 276 Å². The molecule has 8 heteroatoms. The van der Waals surface area contributed by atoms with E-state index in [-0.39, 0.29) is 30.9 Å². The molecule has 2 aliphatic rings. The summed E-state index contributed by atoms with van der Waals surface area (Å²) in [4.78, 5) is 31.3. The van der Waals surface area contributed by atoms with Gasteiger partial charge in [0.2, 0.25) is 5.91 Å². The fourth-order valence-electron chi connectivity index (χ4n) is 6.97. The topological polar surface area (TPSA) is 102 Å². The van der Waals surface area contributed by atoms with Crippen molar-refractivity contribution >= 4 is 11.9 Å². The van der Waals surface area contributed by atoms with Crippen molar-refractivity contribution in [2.75, 3.05) is 20.2 Å². The summed E-state index contributed by atoms with van der Waals surface area (Å²) in [6.07, 6.45) is 0.102. The second kappa shape index (κ2) is 14.8. The number of fused-ring (bicyclic) bond motifs is 1. The summed E-state index contributed by atoms with van der Waals surface area (Å²) in [5, 5.41) is 25.5. The van der Waals surface area contributed by atoms with Crippen LogP contribution in [-0.2, 0) is 30.6 Å². The summed E-state index contributed by atoms with van der Waals surface area (Å²) < 4.78 is 5.29. The Kier molecular flexibility index (Phi) is 10.2. The molecule has 1 fully saturated rings. The van der Waals surface area contributed by atoms with Crippen molar-refractivity contribution in [2.45, 2.75) is 56.5 Å². The molecule has 2 unspecified atom stereocenters. The van der Waals surface area contributed by atoms with Crippen LogP contribution in [0, 0.1) is 5.92 Å². The summed E-state index contributed by atoms with van der Waals surface area (Å²) in [6.45, 7) is 1.09. The molecule has 3 N–H and O–H groups in total. The number of urea groups is 1. The van der Waals surface area contributed by atoms with Crippen LogP contribution in [0.25, 0.3) is 0 Å². The molecule has 6 rings (SSSR count). The fraction of sp³-hybridized carbons (Fsp3) is 0.333. The van der Waals surface area contributed by atoms with E-state index in [1.54, 1.807) is 12.0 Å². The summed E-state index contributed by atoms with van der Waals surface area (Å²) in [6, 6.07) is 34.5. The molecule has 244 valence electrons. The highest BCUT2D eigenvalue weighted by Crippen LogP contribution is 2.32. The van der Waals surface area contributed by atoms with Gasteiger partial charge in [-0.2, -0.15) is 0 Å². The molecule has 3 amide bonds. The molecular weight excluding hydrogens is 590 g/mol. The number of methoxy groups -OCH3 is 1.